The van der Waals surface area contributed by atoms with Gasteiger partial charge in [0.15, 0.2) is 0 Å². The van der Waals surface area contributed by atoms with Gasteiger partial charge in [-0.05, 0) is 18.8 Å². The van der Waals surface area contributed by atoms with Gasteiger partial charge in [-0.1, -0.05) is 44.3 Å². The Morgan fingerprint density at radius 2 is 2.19 bits per heavy atom. The van der Waals surface area contributed by atoms with Crippen molar-refractivity contribution in [1.82, 2.24) is 10.3 Å². The van der Waals surface area contributed by atoms with E-state index in [4.69, 9.17) is 0 Å². The number of hydrogen-bond donors (Lipinski definition) is 1. The van der Waals surface area contributed by atoms with Gasteiger partial charge in [0.25, 0.3) is 5.91 Å². The van der Waals surface area contributed by atoms with Crippen molar-refractivity contribution in [2.24, 2.45) is 5.92 Å². The zero-order chi connectivity index (χ0) is 15.9. The molecule has 0 aliphatic rings. The van der Waals surface area contributed by atoms with Crippen molar-refractivity contribution in [2.75, 3.05) is 12.3 Å². The van der Waals surface area contributed by atoms with Gasteiger partial charge in [-0.3, -0.25) is 4.79 Å². The number of nitrogens with one attached hydrogen (secondary N) is 1. The number of thiazole rings is 1. The minimum atomic E-state index is -3.33. The Labute approximate surface area is 130 Å². The fourth-order valence-electron chi connectivity index (χ4n) is 1.51. The second-order valence-corrected chi connectivity index (χ2v) is 8.45. The molecular weight excluding hydrogens is 308 g/mol. The molecule has 7 heteroatoms. The Hall–Kier alpha value is -1.21. The monoisotopic (exact) mass is 330 g/mol. The van der Waals surface area contributed by atoms with Crippen molar-refractivity contribution in [3.63, 3.8) is 0 Å². The van der Waals surface area contributed by atoms with Gasteiger partial charge in [0.2, 0.25) is 14.2 Å². The van der Waals surface area contributed by atoms with Crippen molar-refractivity contribution in [3.8, 4) is 0 Å². The van der Waals surface area contributed by atoms with Crippen LogP contribution in [0.2, 0.25) is 0 Å². The van der Waals surface area contributed by atoms with E-state index < -0.39 is 9.84 Å². The van der Waals surface area contributed by atoms with E-state index >= 15 is 0 Å². The van der Waals surface area contributed by atoms with E-state index in [1.54, 1.807) is 6.92 Å². The van der Waals surface area contributed by atoms with Crippen LogP contribution in [-0.4, -0.2) is 31.6 Å². The summed E-state index contributed by atoms with van der Waals surface area (Å²) < 4.78 is 23.3. The van der Waals surface area contributed by atoms with Crippen molar-refractivity contribution in [1.29, 1.82) is 0 Å². The number of nitrogens with zero attached hydrogens (tertiary/aromatic N) is 1. The summed E-state index contributed by atoms with van der Waals surface area (Å²) in [4.78, 5) is 16.0. The molecule has 0 bridgehead atoms. The second kappa shape index (κ2) is 8.29. The minimum absolute atomic E-state index is 0.00927. The van der Waals surface area contributed by atoms with Crippen LogP contribution in [0.3, 0.4) is 0 Å². The van der Waals surface area contributed by atoms with Crippen molar-refractivity contribution in [3.05, 3.63) is 23.2 Å². The lowest BCUT2D eigenvalue weighted by molar-refractivity contribution is 0.0957. The average molecular weight is 330 g/mol. The molecule has 1 aromatic heterocycles. The van der Waals surface area contributed by atoms with Gasteiger partial charge in [-0.2, -0.15) is 0 Å². The van der Waals surface area contributed by atoms with Crippen LogP contribution in [0.1, 0.15) is 43.3 Å². The summed E-state index contributed by atoms with van der Waals surface area (Å²) in [5.41, 5.74) is 0. The molecule has 0 saturated heterocycles. The Balaban J connectivity index is 2.43. The molecule has 1 N–H and O–H groups in total. The molecule has 1 heterocycles. The van der Waals surface area contributed by atoms with Gasteiger partial charge >= 0.3 is 0 Å². The van der Waals surface area contributed by atoms with Gasteiger partial charge in [0, 0.05) is 6.54 Å². The topological polar surface area (TPSA) is 76.1 Å². The smallest absolute Gasteiger partial charge is 0.263 e. The molecule has 0 saturated carbocycles. The van der Waals surface area contributed by atoms with Gasteiger partial charge in [0.1, 0.15) is 4.88 Å². The van der Waals surface area contributed by atoms with E-state index in [-0.39, 0.29) is 16.0 Å². The molecule has 5 nitrogen and oxygen atoms in total. The Kier molecular flexibility index (Phi) is 7.04. The molecule has 0 aromatic carbocycles. The molecule has 1 rings (SSSR count). The predicted molar refractivity (Wildman–Crippen MR) is 85.4 cm³/mol. The molecule has 0 aliphatic carbocycles. The quantitative estimate of drug-likeness (QED) is 0.587. The second-order valence-electron chi connectivity index (χ2n) is 4.96. The SMILES string of the molecule is CCS(=O)(=O)c1ncc(C(=O)NCCC/C=C\C(C)C)s1. The van der Waals surface area contributed by atoms with E-state index in [0.717, 1.165) is 24.2 Å². The number of carbonyl (C=O) groups excluding carboxylic acids is 1. The summed E-state index contributed by atoms with van der Waals surface area (Å²) >= 11 is 0.920. The highest BCUT2D eigenvalue weighted by atomic mass is 32.2. The molecule has 0 radical (unpaired) electrons. The standard InChI is InChI=1S/C14H22N2O3S2/c1-4-21(18,19)14-16-10-12(20-14)13(17)15-9-7-5-6-8-11(2)3/h6,8,10-11H,4-5,7,9H2,1-3H3,(H,15,17)/b8-6-. The number of sulfone groups is 1. The number of hydrogen-bond acceptors (Lipinski definition) is 5. The minimum Gasteiger partial charge on any atom is -0.351 e. The van der Waals surface area contributed by atoms with Crippen LogP contribution in [0.25, 0.3) is 0 Å². The lowest BCUT2D eigenvalue weighted by Crippen LogP contribution is -2.23. The van der Waals surface area contributed by atoms with Crippen LogP contribution in [0, 0.1) is 5.92 Å². The molecule has 118 valence electrons. The maximum atomic E-state index is 11.9. The lowest BCUT2D eigenvalue weighted by Gasteiger charge is -2.01. The Morgan fingerprint density at radius 3 is 2.81 bits per heavy atom. The van der Waals surface area contributed by atoms with Crippen LogP contribution in [0.15, 0.2) is 22.7 Å². The molecule has 0 fully saturated rings. The van der Waals surface area contributed by atoms with E-state index in [2.05, 4.69) is 36.3 Å². The Morgan fingerprint density at radius 1 is 1.48 bits per heavy atom. The number of unbranched alkanes of at least 4 members (excludes halogenated alkanes) is 1. The van der Waals surface area contributed by atoms with Gasteiger partial charge in [-0.15, -0.1) is 0 Å². The molecular formula is C14H22N2O3S2. The highest BCUT2D eigenvalue weighted by Gasteiger charge is 2.18. The number of amides is 1. The molecule has 1 aromatic rings. The molecule has 0 spiro atoms. The molecule has 1 amide bonds. The Bertz CT molecular complexity index is 589. The van der Waals surface area contributed by atoms with E-state index in [1.165, 1.54) is 6.20 Å². The van der Waals surface area contributed by atoms with E-state index in [1.807, 2.05) is 0 Å². The van der Waals surface area contributed by atoms with E-state index in [0.29, 0.717) is 17.3 Å². The number of allylic oxidation sites excluding steroid dienone is 2. The van der Waals surface area contributed by atoms with Crippen molar-refractivity contribution in [2.45, 2.75) is 38.0 Å². The fraction of sp³-hybridized carbons (Fsp3) is 0.571. The summed E-state index contributed by atoms with van der Waals surface area (Å²) in [5.74, 6) is 0.262. The van der Waals surface area contributed by atoms with Crippen LogP contribution in [-0.2, 0) is 9.84 Å². The van der Waals surface area contributed by atoms with Gasteiger partial charge in [-0.25, -0.2) is 13.4 Å². The fourth-order valence-corrected chi connectivity index (χ4v) is 3.66. The maximum Gasteiger partial charge on any atom is 0.263 e. The van der Waals surface area contributed by atoms with Crippen LogP contribution in [0.5, 0.6) is 0 Å². The van der Waals surface area contributed by atoms with Crippen LogP contribution in [0.4, 0.5) is 0 Å². The zero-order valence-corrected chi connectivity index (χ0v) is 14.3. The first kappa shape index (κ1) is 17.8. The molecule has 0 unspecified atom stereocenters. The number of aromatic nitrogens is 1. The average Bonchev–Trinajstić information content (AvgIpc) is 2.92. The van der Waals surface area contributed by atoms with Crippen molar-refractivity contribution >= 4 is 27.1 Å². The highest BCUT2D eigenvalue weighted by Crippen LogP contribution is 2.19. The molecule has 21 heavy (non-hydrogen) atoms. The summed E-state index contributed by atoms with van der Waals surface area (Å²) in [6.45, 7) is 6.35. The largest absolute Gasteiger partial charge is 0.351 e. The number of rotatable bonds is 8. The van der Waals surface area contributed by atoms with Gasteiger partial charge < -0.3 is 5.32 Å². The maximum absolute atomic E-state index is 11.9. The van der Waals surface area contributed by atoms with Crippen molar-refractivity contribution < 1.29 is 13.2 Å². The third-order valence-electron chi connectivity index (χ3n) is 2.71. The summed E-state index contributed by atoms with van der Waals surface area (Å²) in [6.07, 6.45) is 7.33. The normalized spacial score (nSPS) is 12.2. The van der Waals surface area contributed by atoms with Crippen LogP contribution >= 0.6 is 11.3 Å². The third kappa shape index (κ3) is 5.97. The zero-order valence-electron chi connectivity index (χ0n) is 12.6. The third-order valence-corrected chi connectivity index (χ3v) is 5.91. The number of carbonyl (C=O) groups is 1. The summed E-state index contributed by atoms with van der Waals surface area (Å²) in [7, 11) is -3.33. The van der Waals surface area contributed by atoms with Crippen LogP contribution < -0.4 is 5.32 Å². The first-order valence-electron chi connectivity index (χ1n) is 7.00. The first-order chi connectivity index (χ1) is 9.86. The summed E-state index contributed by atoms with van der Waals surface area (Å²) in [6, 6.07) is 0. The molecule has 0 atom stereocenters. The molecule has 0 aliphatic heterocycles. The van der Waals surface area contributed by atoms with E-state index in [9.17, 15) is 13.2 Å². The highest BCUT2D eigenvalue weighted by molar-refractivity contribution is 7.93. The first-order valence-corrected chi connectivity index (χ1v) is 9.47. The van der Waals surface area contributed by atoms with Gasteiger partial charge in [0.05, 0.1) is 11.9 Å². The lowest BCUT2D eigenvalue weighted by atomic mass is 10.2. The predicted octanol–water partition coefficient (Wildman–Crippen LogP) is 2.66. The summed E-state index contributed by atoms with van der Waals surface area (Å²) in [5, 5.41) is 2.77.